The number of carbonyl (C=O) groups is 1. The van der Waals surface area contributed by atoms with Crippen molar-refractivity contribution in [1.29, 1.82) is 0 Å². The zero-order valence-corrected chi connectivity index (χ0v) is 9.99. The summed E-state index contributed by atoms with van der Waals surface area (Å²) in [6.45, 7) is 3.00. The molecule has 3 atom stereocenters. The second-order valence-electron chi connectivity index (χ2n) is 5.25. The van der Waals surface area contributed by atoms with Crippen LogP contribution in [0.5, 0.6) is 0 Å². The zero-order valence-electron chi connectivity index (χ0n) is 9.99. The first-order valence-corrected chi connectivity index (χ1v) is 5.69. The molecule has 1 aliphatic rings. The van der Waals surface area contributed by atoms with E-state index in [1.54, 1.807) is 0 Å². The first-order valence-electron chi connectivity index (χ1n) is 5.69. The van der Waals surface area contributed by atoms with Gasteiger partial charge in [0.2, 0.25) is 5.91 Å². The van der Waals surface area contributed by atoms with Gasteiger partial charge in [-0.3, -0.25) is 4.79 Å². The Balaban J connectivity index is 2.53. The van der Waals surface area contributed by atoms with E-state index in [4.69, 9.17) is 10.8 Å². The Labute approximate surface area is 96.0 Å². The van der Waals surface area contributed by atoms with Gasteiger partial charge in [-0.2, -0.15) is 0 Å². The predicted molar refractivity (Wildman–Crippen MR) is 60.7 cm³/mol. The third-order valence-corrected chi connectivity index (χ3v) is 3.52. The summed E-state index contributed by atoms with van der Waals surface area (Å²) >= 11 is 0. The Kier molecular flexibility index (Phi) is 3.93. The van der Waals surface area contributed by atoms with Gasteiger partial charge in [-0.1, -0.05) is 6.42 Å². The number of rotatable bonds is 4. The van der Waals surface area contributed by atoms with Crippen molar-refractivity contribution in [2.24, 2.45) is 11.1 Å². The molecule has 5 heteroatoms. The van der Waals surface area contributed by atoms with Crippen LogP contribution in [0.4, 0.5) is 0 Å². The van der Waals surface area contributed by atoms with E-state index in [1.165, 1.54) is 6.92 Å². The van der Waals surface area contributed by atoms with Gasteiger partial charge in [-0.25, -0.2) is 0 Å². The Bertz CT molecular complexity index is 268. The van der Waals surface area contributed by atoms with E-state index in [0.717, 1.165) is 19.3 Å². The van der Waals surface area contributed by atoms with Crippen LogP contribution >= 0.6 is 0 Å². The lowest BCUT2D eigenvalue weighted by molar-refractivity contribution is -0.132. The standard InChI is InChI=1S/C11H22N2O3/c1-10(16,7-14)6-13-9(15)11(2)5-3-4-8(11)12/h8,14,16H,3-7,12H2,1-2H3,(H,13,15). The summed E-state index contributed by atoms with van der Waals surface area (Å²) in [5, 5.41) is 21.1. The Hall–Kier alpha value is -0.650. The number of aliphatic hydroxyl groups excluding tert-OH is 1. The lowest BCUT2D eigenvalue weighted by Crippen LogP contribution is -2.51. The quantitative estimate of drug-likeness (QED) is 0.517. The largest absolute Gasteiger partial charge is 0.393 e. The third-order valence-electron chi connectivity index (χ3n) is 3.52. The molecule has 0 aliphatic heterocycles. The number of carbonyl (C=O) groups excluding carboxylic acids is 1. The Morgan fingerprint density at radius 3 is 2.75 bits per heavy atom. The summed E-state index contributed by atoms with van der Waals surface area (Å²) in [7, 11) is 0. The molecule has 5 nitrogen and oxygen atoms in total. The van der Waals surface area contributed by atoms with Crippen LogP contribution < -0.4 is 11.1 Å². The minimum Gasteiger partial charge on any atom is -0.393 e. The van der Waals surface area contributed by atoms with Crippen LogP contribution in [0.25, 0.3) is 0 Å². The van der Waals surface area contributed by atoms with Crippen molar-refractivity contribution in [3.8, 4) is 0 Å². The zero-order chi connectivity index (χ0) is 12.4. The second kappa shape index (κ2) is 4.69. The predicted octanol–water partition coefficient (Wildman–Crippen LogP) is -0.637. The molecule has 1 amide bonds. The van der Waals surface area contributed by atoms with Crippen LogP contribution in [-0.2, 0) is 4.79 Å². The molecule has 1 fully saturated rings. The highest BCUT2D eigenvalue weighted by molar-refractivity contribution is 5.83. The summed E-state index contributed by atoms with van der Waals surface area (Å²) in [6, 6.07) is -0.119. The van der Waals surface area contributed by atoms with Gasteiger partial charge in [0.15, 0.2) is 0 Å². The van der Waals surface area contributed by atoms with E-state index < -0.39 is 11.0 Å². The van der Waals surface area contributed by atoms with Crippen LogP contribution in [0.1, 0.15) is 33.1 Å². The Morgan fingerprint density at radius 2 is 2.31 bits per heavy atom. The summed E-state index contributed by atoms with van der Waals surface area (Å²) in [5.74, 6) is -0.133. The van der Waals surface area contributed by atoms with Crippen molar-refractivity contribution in [2.45, 2.75) is 44.8 Å². The van der Waals surface area contributed by atoms with Gasteiger partial charge in [-0.05, 0) is 26.7 Å². The molecule has 94 valence electrons. The number of aliphatic hydroxyl groups is 2. The molecule has 0 spiro atoms. The normalized spacial score (nSPS) is 33.4. The highest BCUT2D eigenvalue weighted by atomic mass is 16.3. The molecule has 0 aromatic rings. The molecule has 0 aromatic heterocycles. The molecule has 0 saturated heterocycles. The van der Waals surface area contributed by atoms with E-state index in [2.05, 4.69) is 5.32 Å². The number of nitrogens with two attached hydrogens (primary N) is 1. The fourth-order valence-electron chi connectivity index (χ4n) is 2.00. The number of amides is 1. The van der Waals surface area contributed by atoms with Crippen molar-refractivity contribution in [3.63, 3.8) is 0 Å². The lowest BCUT2D eigenvalue weighted by atomic mass is 9.84. The number of hydrogen-bond acceptors (Lipinski definition) is 4. The Morgan fingerprint density at radius 1 is 1.69 bits per heavy atom. The minimum absolute atomic E-state index is 0.0463. The summed E-state index contributed by atoms with van der Waals surface area (Å²) in [5.41, 5.74) is 4.11. The summed E-state index contributed by atoms with van der Waals surface area (Å²) < 4.78 is 0. The molecule has 1 saturated carbocycles. The molecule has 16 heavy (non-hydrogen) atoms. The molecule has 1 aliphatic carbocycles. The third kappa shape index (κ3) is 2.72. The van der Waals surface area contributed by atoms with Crippen molar-refractivity contribution in [3.05, 3.63) is 0 Å². The van der Waals surface area contributed by atoms with Gasteiger partial charge in [-0.15, -0.1) is 0 Å². The molecule has 5 N–H and O–H groups in total. The minimum atomic E-state index is -1.27. The van der Waals surface area contributed by atoms with Gasteiger partial charge in [0, 0.05) is 12.6 Å². The monoisotopic (exact) mass is 230 g/mol. The summed E-state index contributed by atoms with van der Waals surface area (Å²) in [4.78, 5) is 12.0. The van der Waals surface area contributed by atoms with Crippen molar-refractivity contribution in [1.82, 2.24) is 5.32 Å². The summed E-state index contributed by atoms with van der Waals surface area (Å²) in [6.07, 6.45) is 2.60. The van der Waals surface area contributed by atoms with Crippen LogP contribution in [0.15, 0.2) is 0 Å². The maximum atomic E-state index is 12.0. The van der Waals surface area contributed by atoms with Gasteiger partial charge < -0.3 is 21.3 Å². The molecular weight excluding hydrogens is 208 g/mol. The van der Waals surface area contributed by atoms with Crippen LogP contribution in [0, 0.1) is 5.41 Å². The van der Waals surface area contributed by atoms with Crippen LogP contribution in [0.3, 0.4) is 0 Å². The fraction of sp³-hybridized carbons (Fsp3) is 0.909. The second-order valence-corrected chi connectivity index (χ2v) is 5.25. The lowest BCUT2D eigenvalue weighted by Gasteiger charge is -2.29. The van der Waals surface area contributed by atoms with Gasteiger partial charge in [0.25, 0.3) is 0 Å². The molecule has 0 bridgehead atoms. The number of hydrogen-bond donors (Lipinski definition) is 4. The van der Waals surface area contributed by atoms with E-state index in [1.807, 2.05) is 6.92 Å². The van der Waals surface area contributed by atoms with E-state index in [-0.39, 0.29) is 25.1 Å². The maximum absolute atomic E-state index is 12.0. The molecule has 0 aromatic carbocycles. The molecule has 3 unspecified atom stereocenters. The smallest absolute Gasteiger partial charge is 0.227 e. The van der Waals surface area contributed by atoms with Crippen molar-refractivity contribution in [2.75, 3.05) is 13.2 Å². The highest BCUT2D eigenvalue weighted by Crippen LogP contribution is 2.36. The average Bonchev–Trinajstić information content (AvgIpc) is 2.57. The van der Waals surface area contributed by atoms with Crippen LogP contribution in [0.2, 0.25) is 0 Å². The topological polar surface area (TPSA) is 95.6 Å². The van der Waals surface area contributed by atoms with E-state index in [9.17, 15) is 9.90 Å². The van der Waals surface area contributed by atoms with E-state index >= 15 is 0 Å². The van der Waals surface area contributed by atoms with Crippen molar-refractivity contribution < 1.29 is 15.0 Å². The number of nitrogens with one attached hydrogen (secondary N) is 1. The first kappa shape index (κ1) is 13.4. The van der Waals surface area contributed by atoms with Gasteiger partial charge in [0.1, 0.15) is 5.60 Å². The van der Waals surface area contributed by atoms with Crippen molar-refractivity contribution >= 4 is 5.91 Å². The molecule has 0 heterocycles. The SMILES string of the molecule is CC(O)(CO)CNC(=O)C1(C)CCCC1N. The highest BCUT2D eigenvalue weighted by Gasteiger charge is 2.43. The van der Waals surface area contributed by atoms with E-state index in [0.29, 0.717) is 0 Å². The maximum Gasteiger partial charge on any atom is 0.227 e. The van der Waals surface area contributed by atoms with Gasteiger partial charge >= 0.3 is 0 Å². The van der Waals surface area contributed by atoms with Crippen LogP contribution in [-0.4, -0.2) is 40.9 Å². The molecule has 1 rings (SSSR count). The fourth-order valence-corrected chi connectivity index (χ4v) is 2.00. The molecular formula is C11H22N2O3. The van der Waals surface area contributed by atoms with Gasteiger partial charge in [0.05, 0.1) is 12.0 Å². The molecule has 0 radical (unpaired) electrons. The first-order chi connectivity index (χ1) is 7.32. The average molecular weight is 230 g/mol.